The summed E-state index contributed by atoms with van der Waals surface area (Å²) in [7, 11) is 0. The van der Waals surface area contributed by atoms with Crippen LogP contribution in [0, 0.1) is 6.92 Å². The van der Waals surface area contributed by atoms with Gasteiger partial charge in [-0.25, -0.2) is 0 Å². The summed E-state index contributed by atoms with van der Waals surface area (Å²) in [6.45, 7) is 2.96. The molecule has 4 nitrogen and oxygen atoms in total. The summed E-state index contributed by atoms with van der Waals surface area (Å²) in [4.78, 5) is 0. The highest BCUT2D eigenvalue weighted by molar-refractivity contribution is 5.87. The van der Waals surface area contributed by atoms with Crippen molar-refractivity contribution in [1.82, 2.24) is 0 Å². The zero-order valence-corrected chi connectivity index (χ0v) is 9.92. The molecule has 0 saturated heterocycles. The summed E-state index contributed by atoms with van der Waals surface area (Å²) < 4.78 is 38.0. The van der Waals surface area contributed by atoms with Crippen LogP contribution in [-0.4, -0.2) is 17.1 Å². The SMILES string of the molecule is Cc1ccc(NC(C)C(N)=NO)cc1C(F)(F)F. The zero-order chi connectivity index (χ0) is 13.9. The number of halogens is 3. The molecule has 7 heteroatoms. The first-order valence-corrected chi connectivity index (χ1v) is 5.17. The Morgan fingerprint density at radius 1 is 1.44 bits per heavy atom. The van der Waals surface area contributed by atoms with E-state index in [0.717, 1.165) is 6.07 Å². The highest BCUT2D eigenvalue weighted by Gasteiger charge is 2.32. The number of oxime groups is 1. The number of nitrogens with zero attached hydrogens (tertiary/aromatic N) is 1. The van der Waals surface area contributed by atoms with Crippen LogP contribution in [0.3, 0.4) is 0 Å². The Morgan fingerprint density at radius 2 is 2.06 bits per heavy atom. The lowest BCUT2D eigenvalue weighted by molar-refractivity contribution is -0.138. The molecule has 0 amide bonds. The van der Waals surface area contributed by atoms with Gasteiger partial charge in [-0.2, -0.15) is 13.2 Å². The van der Waals surface area contributed by atoms with E-state index >= 15 is 0 Å². The fourth-order valence-corrected chi connectivity index (χ4v) is 1.43. The standard InChI is InChI=1S/C11H14F3N3O/c1-6-3-4-8(5-9(6)11(12,13)14)16-7(2)10(15)17-18/h3-5,7,16,18H,1-2H3,(H2,15,17). The molecule has 0 spiro atoms. The second-order valence-corrected chi connectivity index (χ2v) is 3.92. The summed E-state index contributed by atoms with van der Waals surface area (Å²) >= 11 is 0. The molecular weight excluding hydrogens is 247 g/mol. The van der Waals surface area contributed by atoms with E-state index in [2.05, 4.69) is 10.5 Å². The van der Waals surface area contributed by atoms with Gasteiger partial charge in [0.05, 0.1) is 11.6 Å². The molecule has 0 bridgehead atoms. The molecule has 1 atom stereocenters. The number of nitrogens with two attached hydrogens (primary N) is 1. The van der Waals surface area contributed by atoms with E-state index in [1.165, 1.54) is 19.1 Å². The average Bonchev–Trinajstić information content (AvgIpc) is 2.29. The van der Waals surface area contributed by atoms with Crippen LogP contribution >= 0.6 is 0 Å². The fraction of sp³-hybridized carbons (Fsp3) is 0.364. The Kier molecular flexibility index (Phi) is 4.05. The quantitative estimate of drug-likeness (QED) is 0.339. The lowest BCUT2D eigenvalue weighted by atomic mass is 10.1. The van der Waals surface area contributed by atoms with Crippen molar-refractivity contribution in [3.63, 3.8) is 0 Å². The molecule has 0 aliphatic heterocycles. The lowest BCUT2D eigenvalue weighted by Gasteiger charge is -2.16. The molecule has 0 heterocycles. The molecule has 1 aromatic carbocycles. The first-order chi connectivity index (χ1) is 8.25. The second kappa shape index (κ2) is 5.16. The number of aryl methyl sites for hydroxylation is 1. The van der Waals surface area contributed by atoms with Crippen molar-refractivity contribution >= 4 is 11.5 Å². The van der Waals surface area contributed by atoms with Crippen LogP contribution in [0.5, 0.6) is 0 Å². The van der Waals surface area contributed by atoms with Gasteiger partial charge in [0.2, 0.25) is 0 Å². The average molecular weight is 261 g/mol. The van der Waals surface area contributed by atoms with Crippen molar-refractivity contribution < 1.29 is 18.4 Å². The monoisotopic (exact) mass is 261 g/mol. The van der Waals surface area contributed by atoms with Crippen molar-refractivity contribution in [2.75, 3.05) is 5.32 Å². The normalized spacial score (nSPS) is 14.4. The smallest absolute Gasteiger partial charge is 0.409 e. The van der Waals surface area contributed by atoms with Crippen molar-refractivity contribution in [2.24, 2.45) is 10.9 Å². The van der Waals surface area contributed by atoms with Crippen LogP contribution in [0.1, 0.15) is 18.1 Å². The van der Waals surface area contributed by atoms with Gasteiger partial charge in [-0.3, -0.25) is 0 Å². The third kappa shape index (κ3) is 3.28. The predicted octanol–water partition coefficient (Wildman–Crippen LogP) is 2.56. The Morgan fingerprint density at radius 3 is 2.56 bits per heavy atom. The predicted molar refractivity (Wildman–Crippen MR) is 62.7 cm³/mol. The van der Waals surface area contributed by atoms with E-state index in [1.807, 2.05) is 0 Å². The summed E-state index contributed by atoms with van der Waals surface area (Å²) in [6, 6.07) is 3.30. The van der Waals surface area contributed by atoms with E-state index in [-0.39, 0.29) is 17.1 Å². The molecule has 1 rings (SSSR count). The first-order valence-electron chi connectivity index (χ1n) is 5.17. The van der Waals surface area contributed by atoms with E-state index in [1.54, 1.807) is 6.92 Å². The Hall–Kier alpha value is -1.92. The van der Waals surface area contributed by atoms with Crippen molar-refractivity contribution in [2.45, 2.75) is 26.1 Å². The Labute approximate surface area is 102 Å². The molecule has 1 unspecified atom stereocenters. The molecule has 0 saturated carbocycles. The Bertz CT molecular complexity index is 457. The zero-order valence-electron chi connectivity index (χ0n) is 9.92. The van der Waals surface area contributed by atoms with E-state index in [0.29, 0.717) is 0 Å². The molecule has 0 radical (unpaired) electrons. The van der Waals surface area contributed by atoms with Gasteiger partial charge in [-0.1, -0.05) is 11.2 Å². The summed E-state index contributed by atoms with van der Waals surface area (Å²) in [6.07, 6.45) is -4.40. The molecule has 0 fully saturated rings. The first kappa shape index (κ1) is 14.1. The number of nitrogens with one attached hydrogen (secondary N) is 1. The van der Waals surface area contributed by atoms with Crippen LogP contribution in [0.15, 0.2) is 23.4 Å². The third-order valence-corrected chi connectivity index (χ3v) is 2.49. The molecule has 4 N–H and O–H groups in total. The molecule has 1 aromatic rings. The molecule has 100 valence electrons. The van der Waals surface area contributed by atoms with Crippen molar-refractivity contribution in [3.8, 4) is 0 Å². The number of benzene rings is 1. The van der Waals surface area contributed by atoms with Gasteiger partial charge >= 0.3 is 6.18 Å². The number of hydrogen-bond acceptors (Lipinski definition) is 3. The van der Waals surface area contributed by atoms with E-state index < -0.39 is 17.8 Å². The van der Waals surface area contributed by atoms with Gasteiger partial charge < -0.3 is 16.3 Å². The van der Waals surface area contributed by atoms with Crippen LogP contribution in [0.2, 0.25) is 0 Å². The number of anilines is 1. The highest BCUT2D eigenvalue weighted by Crippen LogP contribution is 2.33. The van der Waals surface area contributed by atoms with Gasteiger partial charge in [0.15, 0.2) is 5.84 Å². The third-order valence-electron chi connectivity index (χ3n) is 2.49. The number of alkyl halides is 3. The van der Waals surface area contributed by atoms with Gasteiger partial charge in [-0.05, 0) is 31.5 Å². The highest BCUT2D eigenvalue weighted by atomic mass is 19.4. The van der Waals surface area contributed by atoms with E-state index in [4.69, 9.17) is 10.9 Å². The minimum absolute atomic E-state index is 0.107. The van der Waals surface area contributed by atoms with Gasteiger partial charge in [0.1, 0.15) is 0 Å². The number of hydrogen-bond donors (Lipinski definition) is 3. The summed E-state index contributed by atoms with van der Waals surface area (Å²) in [5.74, 6) is -0.107. The molecular formula is C11H14F3N3O. The maximum atomic E-state index is 12.7. The van der Waals surface area contributed by atoms with Crippen LogP contribution in [0.4, 0.5) is 18.9 Å². The number of amidine groups is 1. The largest absolute Gasteiger partial charge is 0.416 e. The van der Waals surface area contributed by atoms with Gasteiger partial charge in [-0.15, -0.1) is 0 Å². The minimum Gasteiger partial charge on any atom is -0.409 e. The van der Waals surface area contributed by atoms with Crippen LogP contribution < -0.4 is 11.1 Å². The maximum Gasteiger partial charge on any atom is 0.416 e. The molecule has 0 aliphatic rings. The fourth-order valence-electron chi connectivity index (χ4n) is 1.43. The van der Waals surface area contributed by atoms with Crippen LogP contribution in [-0.2, 0) is 6.18 Å². The van der Waals surface area contributed by atoms with Gasteiger partial charge in [0.25, 0.3) is 0 Å². The summed E-state index contributed by atoms with van der Waals surface area (Å²) in [5, 5.41) is 14.0. The number of rotatable bonds is 3. The van der Waals surface area contributed by atoms with Crippen LogP contribution in [0.25, 0.3) is 0 Å². The topological polar surface area (TPSA) is 70.6 Å². The maximum absolute atomic E-state index is 12.7. The Balaban J connectivity index is 3.00. The molecule has 18 heavy (non-hydrogen) atoms. The molecule has 0 aliphatic carbocycles. The van der Waals surface area contributed by atoms with Crippen molar-refractivity contribution in [1.29, 1.82) is 0 Å². The van der Waals surface area contributed by atoms with E-state index in [9.17, 15) is 13.2 Å². The van der Waals surface area contributed by atoms with Crippen molar-refractivity contribution in [3.05, 3.63) is 29.3 Å². The lowest BCUT2D eigenvalue weighted by Crippen LogP contribution is -2.33. The summed E-state index contributed by atoms with van der Waals surface area (Å²) in [5.41, 5.74) is 5.02. The molecule has 0 aromatic heterocycles. The second-order valence-electron chi connectivity index (χ2n) is 3.92. The minimum atomic E-state index is -4.40. The van der Waals surface area contributed by atoms with Gasteiger partial charge in [0, 0.05) is 5.69 Å².